The number of benzene rings is 3. The molecule has 0 radical (unpaired) electrons. The second kappa shape index (κ2) is 9.43. The van der Waals surface area contributed by atoms with Crippen molar-refractivity contribution in [3.8, 4) is 5.75 Å². The van der Waals surface area contributed by atoms with Gasteiger partial charge in [0.1, 0.15) is 17.6 Å². The Morgan fingerprint density at radius 3 is 2.32 bits per heavy atom. The van der Waals surface area contributed by atoms with Crippen LogP contribution in [0.1, 0.15) is 48.9 Å². The van der Waals surface area contributed by atoms with Gasteiger partial charge in [-0.2, -0.15) is 0 Å². The lowest BCUT2D eigenvalue weighted by Crippen LogP contribution is -2.30. The van der Waals surface area contributed by atoms with Crippen LogP contribution in [0.4, 0.5) is 11.4 Å². The summed E-state index contributed by atoms with van der Waals surface area (Å²) >= 11 is 0. The molecule has 1 amide bonds. The summed E-state index contributed by atoms with van der Waals surface area (Å²) in [5, 5.41) is 11.4. The van der Waals surface area contributed by atoms with Gasteiger partial charge in [-0.05, 0) is 79.8 Å². The number of hydrogen-bond acceptors (Lipinski definition) is 5. The van der Waals surface area contributed by atoms with E-state index in [0.29, 0.717) is 11.3 Å². The average molecular weight is 495 g/mol. The molecule has 2 saturated heterocycles. The van der Waals surface area contributed by atoms with Crippen LogP contribution in [0, 0.1) is 0 Å². The fraction of sp³-hybridized carbons (Fsp3) is 0.290. The molecule has 6 nitrogen and oxygen atoms in total. The van der Waals surface area contributed by atoms with Crippen molar-refractivity contribution in [1.82, 2.24) is 0 Å². The van der Waals surface area contributed by atoms with E-state index in [1.165, 1.54) is 24.2 Å². The van der Waals surface area contributed by atoms with Crippen molar-refractivity contribution in [2.75, 3.05) is 22.9 Å². The first kappa shape index (κ1) is 23.3. The van der Waals surface area contributed by atoms with Gasteiger partial charge in [0, 0.05) is 36.4 Å². The van der Waals surface area contributed by atoms with Gasteiger partial charge in [-0.25, -0.2) is 0 Å². The van der Waals surface area contributed by atoms with Gasteiger partial charge >= 0.3 is 0 Å². The number of carbonyl (C=O) groups excluding carboxylic acids is 2. The molecule has 3 aromatic carbocycles. The molecular formula is C31H30N2O4. The largest absolute Gasteiger partial charge is 0.507 e. The highest BCUT2D eigenvalue weighted by atomic mass is 16.5. The third-order valence-corrected chi connectivity index (χ3v) is 7.58. The van der Waals surface area contributed by atoms with E-state index in [1.54, 1.807) is 6.07 Å². The van der Waals surface area contributed by atoms with Crippen LogP contribution in [-0.4, -0.2) is 36.0 Å². The van der Waals surface area contributed by atoms with Crippen LogP contribution in [0.5, 0.6) is 5.75 Å². The lowest BCUT2D eigenvalue weighted by molar-refractivity contribution is -0.132. The molecular weight excluding hydrogens is 464 g/mol. The van der Waals surface area contributed by atoms with Crippen molar-refractivity contribution in [2.24, 2.45) is 0 Å². The van der Waals surface area contributed by atoms with Crippen molar-refractivity contribution < 1.29 is 19.4 Å². The molecule has 6 rings (SSSR count). The number of rotatable bonds is 4. The molecule has 3 aromatic rings. The summed E-state index contributed by atoms with van der Waals surface area (Å²) in [5.74, 6) is -0.698. The number of carbonyl (C=O) groups is 2. The third kappa shape index (κ3) is 4.16. The molecule has 2 unspecified atom stereocenters. The van der Waals surface area contributed by atoms with Gasteiger partial charge in [0.25, 0.3) is 11.7 Å². The van der Waals surface area contributed by atoms with E-state index in [1.807, 2.05) is 73.7 Å². The number of ketones is 1. The summed E-state index contributed by atoms with van der Waals surface area (Å²) in [7, 11) is 0. The molecule has 0 aromatic heterocycles. The second-order valence-corrected chi connectivity index (χ2v) is 10.1. The molecule has 2 atom stereocenters. The summed E-state index contributed by atoms with van der Waals surface area (Å²) in [6.07, 6.45) is 4.41. The molecule has 0 spiro atoms. The van der Waals surface area contributed by atoms with E-state index in [-0.39, 0.29) is 17.4 Å². The van der Waals surface area contributed by atoms with E-state index in [2.05, 4.69) is 4.90 Å². The monoisotopic (exact) mass is 494 g/mol. The molecule has 188 valence electrons. The Bertz CT molecular complexity index is 1370. The zero-order valence-electron chi connectivity index (χ0n) is 20.9. The van der Waals surface area contributed by atoms with Gasteiger partial charge in [-0.3, -0.25) is 14.5 Å². The normalized spacial score (nSPS) is 22.7. The van der Waals surface area contributed by atoms with Gasteiger partial charge in [0.2, 0.25) is 0 Å². The van der Waals surface area contributed by atoms with Crippen molar-refractivity contribution in [2.45, 2.75) is 44.8 Å². The summed E-state index contributed by atoms with van der Waals surface area (Å²) in [6, 6.07) is 22.0. The molecule has 3 aliphatic rings. The average Bonchev–Trinajstić information content (AvgIpc) is 3.44. The Morgan fingerprint density at radius 2 is 1.59 bits per heavy atom. The minimum Gasteiger partial charge on any atom is -0.507 e. The quantitative estimate of drug-likeness (QED) is 0.289. The highest BCUT2D eigenvalue weighted by Crippen LogP contribution is 2.43. The van der Waals surface area contributed by atoms with Crippen molar-refractivity contribution in [3.05, 3.63) is 95.1 Å². The molecule has 2 fully saturated rings. The van der Waals surface area contributed by atoms with Gasteiger partial charge in [0.05, 0.1) is 11.6 Å². The molecule has 37 heavy (non-hydrogen) atoms. The van der Waals surface area contributed by atoms with Crippen molar-refractivity contribution >= 4 is 28.8 Å². The smallest absolute Gasteiger partial charge is 0.300 e. The highest BCUT2D eigenvalue weighted by Gasteiger charge is 2.47. The first-order valence-electron chi connectivity index (χ1n) is 13.0. The van der Waals surface area contributed by atoms with E-state index < -0.39 is 17.7 Å². The van der Waals surface area contributed by atoms with E-state index in [9.17, 15) is 14.7 Å². The molecule has 0 bridgehead atoms. The topological polar surface area (TPSA) is 70.1 Å². The Kier molecular flexibility index (Phi) is 5.95. The number of amides is 1. The van der Waals surface area contributed by atoms with Crippen LogP contribution < -0.4 is 14.5 Å². The third-order valence-electron chi connectivity index (χ3n) is 7.58. The van der Waals surface area contributed by atoms with Crippen molar-refractivity contribution in [3.63, 3.8) is 0 Å². The zero-order valence-corrected chi connectivity index (χ0v) is 20.9. The summed E-state index contributed by atoms with van der Waals surface area (Å²) in [4.78, 5) is 30.8. The predicted molar refractivity (Wildman–Crippen MR) is 144 cm³/mol. The summed E-state index contributed by atoms with van der Waals surface area (Å²) < 4.78 is 5.79. The standard InChI is InChI=1S/C31H30N2O4/c1-20-18-23-19-22(10-15-26(23)37-20)29(34)27-28(21-8-4-2-5-9-21)33(31(36)30(27)35)25-13-11-24(12-14-25)32-16-6-3-7-17-32/h2,4-5,8-15,19-20,28,34H,3,6-7,16-18H2,1H3/b29-27-. The first-order valence-corrected chi connectivity index (χ1v) is 13.0. The van der Waals surface area contributed by atoms with Gasteiger partial charge in [0.15, 0.2) is 0 Å². The SMILES string of the molecule is CC1Cc2cc(/C(O)=C3/C(=O)C(=O)N(c4ccc(N5CCCCC5)cc4)C3c3ccccc3)ccc2O1. The number of aliphatic hydroxyl groups is 1. The van der Waals surface area contributed by atoms with Crippen LogP contribution in [0.25, 0.3) is 5.76 Å². The summed E-state index contributed by atoms with van der Waals surface area (Å²) in [6.45, 7) is 4.05. The highest BCUT2D eigenvalue weighted by molar-refractivity contribution is 6.51. The van der Waals surface area contributed by atoms with Crippen LogP contribution in [-0.2, 0) is 16.0 Å². The molecule has 3 heterocycles. The Labute approximate surface area is 216 Å². The van der Waals surface area contributed by atoms with E-state index >= 15 is 0 Å². The van der Waals surface area contributed by atoms with Gasteiger partial charge < -0.3 is 14.7 Å². The Balaban J connectivity index is 1.42. The number of fused-ring (bicyclic) bond motifs is 1. The molecule has 0 aliphatic carbocycles. The van der Waals surface area contributed by atoms with Crippen LogP contribution >= 0.6 is 0 Å². The number of ether oxygens (including phenoxy) is 1. The molecule has 6 heteroatoms. The number of piperidine rings is 1. The lowest BCUT2D eigenvalue weighted by atomic mass is 9.94. The molecule has 0 saturated carbocycles. The predicted octanol–water partition coefficient (Wildman–Crippen LogP) is 5.63. The maximum absolute atomic E-state index is 13.5. The maximum atomic E-state index is 13.5. The fourth-order valence-corrected chi connectivity index (χ4v) is 5.75. The number of aliphatic hydroxyl groups excluding tert-OH is 1. The van der Waals surface area contributed by atoms with Crippen LogP contribution in [0.2, 0.25) is 0 Å². The summed E-state index contributed by atoms with van der Waals surface area (Å²) in [5.41, 5.74) is 4.11. The minimum atomic E-state index is -0.731. The fourth-order valence-electron chi connectivity index (χ4n) is 5.75. The van der Waals surface area contributed by atoms with Crippen LogP contribution in [0.3, 0.4) is 0 Å². The van der Waals surface area contributed by atoms with Crippen LogP contribution in [0.15, 0.2) is 78.4 Å². The van der Waals surface area contributed by atoms with Gasteiger partial charge in [-0.15, -0.1) is 0 Å². The molecule has 3 aliphatic heterocycles. The lowest BCUT2D eigenvalue weighted by Gasteiger charge is -2.30. The first-order chi connectivity index (χ1) is 18.0. The minimum absolute atomic E-state index is 0.0650. The zero-order chi connectivity index (χ0) is 25.5. The van der Waals surface area contributed by atoms with E-state index in [0.717, 1.165) is 42.1 Å². The Hall–Kier alpha value is -4.06. The number of anilines is 2. The van der Waals surface area contributed by atoms with Gasteiger partial charge in [-0.1, -0.05) is 30.3 Å². The molecule has 1 N–H and O–H groups in total. The maximum Gasteiger partial charge on any atom is 0.300 e. The van der Waals surface area contributed by atoms with E-state index in [4.69, 9.17) is 4.74 Å². The Morgan fingerprint density at radius 1 is 0.892 bits per heavy atom. The number of hydrogen-bond donors (Lipinski definition) is 1. The van der Waals surface area contributed by atoms with Crippen molar-refractivity contribution in [1.29, 1.82) is 0 Å². The number of nitrogens with zero attached hydrogens (tertiary/aromatic N) is 2. The number of Topliss-reactive ketones (excluding diaryl/α,β-unsaturated/α-hetero) is 1. The second-order valence-electron chi connectivity index (χ2n) is 10.1.